The molecule has 0 aromatic carbocycles. The first kappa shape index (κ1) is 14.1. The SMILES string of the molecule is CSCc1nc(C(=O)NC2CCCCC2)cc(=O)[nH]1. The summed E-state index contributed by atoms with van der Waals surface area (Å²) in [4.78, 5) is 30.4. The number of amides is 1. The van der Waals surface area contributed by atoms with E-state index in [9.17, 15) is 9.59 Å². The third-order valence-corrected chi connectivity index (χ3v) is 3.81. The Labute approximate surface area is 116 Å². The number of nitrogens with one attached hydrogen (secondary N) is 2. The topological polar surface area (TPSA) is 74.8 Å². The molecule has 1 aliphatic rings. The maximum Gasteiger partial charge on any atom is 0.270 e. The van der Waals surface area contributed by atoms with Crippen LogP contribution in [0, 0.1) is 0 Å². The lowest BCUT2D eigenvalue weighted by Gasteiger charge is -2.22. The number of nitrogens with zero attached hydrogens (tertiary/aromatic N) is 1. The van der Waals surface area contributed by atoms with Crippen LogP contribution >= 0.6 is 11.8 Å². The van der Waals surface area contributed by atoms with E-state index in [4.69, 9.17) is 0 Å². The van der Waals surface area contributed by atoms with Gasteiger partial charge in [0.05, 0.1) is 5.75 Å². The minimum absolute atomic E-state index is 0.221. The monoisotopic (exact) mass is 281 g/mol. The summed E-state index contributed by atoms with van der Waals surface area (Å²) in [5.41, 5.74) is -0.0498. The molecule has 1 aromatic heterocycles. The number of hydrogen-bond acceptors (Lipinski definition) is 4. The number of carbonyl (C=O) groups excluding carboxylic acids is 1. The molecule has 5 nitrogen and oxygen atoms in total. The van der Waals surface area contributed by atoms with Crippen molar-refractivity contribution >= 4 is 17.7 Å². The number of carbonyl (C=O) groups is 1. The summed E-state index contributed by atoms with van der Waals surface area (Å²) in [5, 5.41) is 2.97. The maximum absolute atomic E-state index is 12.1. The van der Waals surface area contributed by atoms with Gasteiger partial charge in [0.2, 0.25) is 0 Å². The minimum Gasteiger partial charge on any atom is -0.348 e. The van der Waals surface area contributed by atoms with Crippen LogP contribution in [0.3, 0.4) is 0 Å². The largest absolute Gasteiger partial charge is 0.348 e. The first-order chi connectivity index (χ1) is 9.19. The second-order valence-corrected chi connectivity index (χ2v) is 5.68. The first-order valence-corrected chi connectivity index (χ1v) is 7.98. The summed E-state index contributed by atoms with van der Waals surface area (Å²) < 4.78 is 0. The summed E-state index contributed by atoms with van der Waals surface area (Å²) in [7, 11) is 0. The molecule has 19 heavy (non-hydrogen) atoms. The lowest BCUT2D eigenvalue weighted by atomic mass is 9.95. The van der Waals surface area contributed by atoms with Crippen LogP contribution in [0.1, 0.15) is 48.4 Å². The smallest absolute Gasteiger partial charge is 0.270 e. The Morgan fingerprint density at radius 3 is 2.89 bits per heavy atom. The molecule has 1 aliphatic carbocycles. The molecule has 1 aromatic rings. The number of thioether (sulfide) groups is 1. The predicted molar refractivity (Wildman–Crippen MR) is 76.4 cm³/mol. The maximum atomic E-state index is 12.1. The molecule has 0 aliphatic heterocycles. The van der Waals surface area contributed by atoms with Crippen molar-refractivity contribution in [1.29, 1.82) is 0 Å². The van der Waals surface area contributed by atoms with Gasteiger partial charge >= 0.3 is 0 Å². The lowest BCUT2D eigenvalue weighted by molar-refractivity contribution is 0.0922. The first-order valence-electron chi connectivity index (χ1n) is 6.59. The Morgan fingerprint density at radius 1 is 1.47 bits per heavy atom. The minimum atomic E-state index is -0.271. The Hall–Kier alpha value is -1.30. The van der Waals surface area contributed by atoms with Gasteiger partial charge in [-0.2, -0.15) is 11.8 Å². The molecule has 0 bridgehead atoms. The van der Waals surface area contributed by atoms with Crippen LogP contribution in [0.2, 0.25) is 0 Å². The van der Waals surface area contributed by atoms with Crippen molar-refractivity contribution < 1.29 is 4.79 Å². The van der Waals surface area contributed by atoms with Crippen molar-refractivity contribution in [2.45, 2.75) is 43.9 Å². The highest BCUT2D eigenvalue weighted by atomic mass is 32.2. The van der Waals surface area contributed by atoms with Gasteiger partial charge in [0, 0.05) is 12.1 Å². The third kappa shape index (κ3) is 4.09. The number of rotatable bonds is 4. The quantitative estimate of drug-likeness (QED) is 0.881. The Morgan fingerprint density at radius 2 is 2.21 bits per heavy atom. The zero-order chi connectivity index (χ0) is 13.7. The molecule has 0 atom stereocenters. The summed E-state index contributed by atoms with van der Waals surface area (Å²) in [5.74, 6) is 0.911. The van der Waals surface area contributed by atoms with Gasteiger partial charge in [0.25, 0.3) is 11.5 Å². The highest BCUT2D eigenvalue weighted by Crippen LogP contribution is 2.17. The molecule has 1 amide bonds. The third-order valence-electron chi connectivity index (χ3n) is 3.24. The van der Waals surface area contributed by atoms with Crippen LogP contribution in [-0.2, 0) is 5.75 Å². The molecular formula is C13H19N3O2S. The van der Waals surface area contributed by atoms with Gasteiger partial charge in [-0.15, -0.1) is 0 Å². The fourth-order valence-corrected chi connectivity index (χ4v) is 2.75. The molecule has 0 saturated heterocycles. The van der Waals surface area contributed by atoms with Gasteiger partial charge in [0.15, 0.2) is 0 Å². The van der Waals surface area contributed by atoms with Crippen LogP contribution in [0.15, 0.2) is 10.9 Å². The van der Waals surface area contributed by atoms with Crippen molar-refractivity contribution in [3.05, 3.63) is 27.9 Å². The standard InChI is InChI=1S/C13H19N3O2S/c1-19-8-11-15-10(7-12(17)16-11)13(18)14-9-5-3-2-4-6-9/h7,9H,2-6,8H2,1H3,(H,14,18)(H,15,16,17). The van der Waals surface area contributed by atoms with Gasteiger partial charge < -0.3 is 10.3 Å². The van der Waals surface area contributed by atoms with E-state index >= 15 is 0 Å². The molecule has 0 spiro atoms. The zero-order valence-corrected chi connectivity index (χ0v) is 11.9. The molecule has 104 valence electrons. The molecule has 1 saturated carbocycles. The summed E-state index contributed by atoms with van der Waals surface area (Å²) in [6.45, 7) is 0. The second kappa shape index (κ2) is 6.75. The second-order valence-electron chi connectivity index (χ2n) is 4.82. The van der Waals surface area contributed by atoms with Crippen molar-refractivity contribution in [3.63, 3.8) is 0 Å². The van der Waals surface area contributed by atoms with E-state index < -0.39 is 0 Å². The molecule has 0 unspecified atom stereocenters. The van der Waals surface area contributed by atoms with E-state index in [0.717, 1.165) is 25.7 Å². The lowest BCUT2D eigenvalue weighted by Crippen LogP contribution is -2.37. The van der Waals surface area contributed by atoms with E-state index in [2.05, 4.69) is 15.3 Å². The van der Waals surface area contributed by atoms with Crippen molar-refractivity contribution in [2.24, 2.45) is 0 Å². The predicted octanol–water partition coefficient (Wildman–Crippen LogP) is 1.70. The van der Waals surface area contributed by atoms with E-state index in [1.165, 1.54) is 12.5 Å². The van der Waals surface area contributed by atoms with Crippen LogP contribution in [0.5, 0.6) is 0 Å². The Kier molecular flexibility index (Phi) is 5.01. The highest BCUT2D eigenvalue weighted by molar-refractivity contribution is 7.97. The van der Waals surface area contributed by atoms with Crippen molar-refractivity contribution in [2.75, 3.05) is 6.26 Å². The number of aromatic amines is 1. The van der Waals surface area contributed by atoms with Gasteiger partial charge in [-0.25, -0.2) is 4.98 Å². The summed E-state index contributed by atoms with van der Waals surface area (Å²) in [6, 6.07) is 1.49. The van der Waals surface area contributed by atoms with Crippen LogP contribution in [0.4, 0.5) is 0 Å². The number of H-pyrrole nitrogens is 1. The summed E-state index contributed by atoms with van der Waals surface area (Å²) >= 11 is 1.56. The number of hydrogen-bond donors (Lipinski definition) is 2. The Bertz CT molecular complexity index is 495. The van der Waals surface area contributed by atoms with E-state index in [1.54, 1.807) is 11.8 Å². The molecule has 1 heterocycles. The van der Waals surface area contributed by atoms with Gasteiger partial charge in [-0.05, 0) is 19.1 Å². The van der Waals surface area contributed by atoms with Crippen LogP contribution in [0.25, 0.3) is 0 Å². The average molecular weight is 281 g/mol. The normalized spacial score (nSPS) is 16.3. The van der Waals surface area contributed by atoms with E-state index in [-0.39, 0.29) is 23.2 Å². The molecule has 2 N–H and O–H groups in total. The fourth-order valence-electron chi connectivity index (χ4n) is 2.34. The average Bonchev–Trinajstić information content (AvgIpc) is 2.39. The van der Waals surface area contributed by atoms with Gasteiger partial charge in [0.1, 0.15) is 11.5 Å². The summed E-state index contributed by atoms with van der Waals surface area (Å²) in [6.07, 6.45) is 7.53. The molecular weight excluding hydrogens is 262 g/mol. The van der Waals surface area contributed by atoms with Gasteiger partial charge in [-0.3, -0.25) is 9.59 Å². The molecule has 0 radical (unpaired) electrons. The molecule has 6 heteroatoms. The molecule has 1 fully saturated rings. The van der Waals surface area contributed by atoms with Crippen LogP contribution in [-0.4, -0.2) is 28.2 Å². The number of aromatic nitrogens is 2. The highest BCUT2D eigenvalue weighted by Gasteiger charge is 2.18. The van der Waals surface area contributed by atoms with Crippen molar-refractivity contribution in [3.8, 4) is 0 Å². The Balaban J connectivity index is 2.07. The fraction of sp³-hybridized carbons (Fsp3) is 0.615. The van der Waals surface area contributed by atoms with E-state index in [0.29, 0.717) is 11.6 Å². The van der Waals surface area contributed by atoms with Crippen LogP contribution < -0.4 is 10.9 Å². The van der Waals surface area contributed by atoms with E-state index in [1.807, 2.05) is 6.26 Å². The van der Waals surface area contributed by atoms with Crippen molar-refractivity contribution in [1.82, 2.24) is 15.3 Å². The molecule has 2 rings (SSSR count). The van der Waals surface area contributed by atoms with Gasteiger partial charge in [-0.1, -0.05) is 19.3 Å². The zero-order valence-electron chi connectivity index (χ0n) is 11.1.